The second kappa shape index (κ2) is 6.66. The number of carbonyl (C=O) groups is 1. The molecule has 0 bridgehead atoms. The lowest BCUT2D eigenvalue weighted by molar-refractivity contribution is 0.00430. The number of phenols is 1. The van der Waals surface area contributed by atoms with Gasteiger partial charge < -0.3 is 24.8 Å². The van der Waals surface area contributed by atoms with Gasteiger partial charge in [0.2, 0.25) is 0 Å². The Morgan fingerprint density at radius 3 is 2.61 bits per heavy atom. The van der Waals surface area contributed by atoms with E-state index in [1.807, 2.05) is 33.8 Å². The zero-order valence-corrected chi connectivity index (χ0v) is 14.4. The Bertz CT molecular complexity index is 562. The van der Waals surface area contributed by atoms with Crippen molar-refractivity contribution in [3.63, 3.8) is 0 Å². The average molecular weight is 322 g/mol. The van der Waals surface area contributed by atoms with Crippen molar-refractivity contribution < 1.29 is 19.4 Å². The van der Waals surface area contributed by atoms with Crippen LogP contribution >= 0.6 is 0 Å². The van der Waals surface area contributed by atoms with Crippen molar-refractivity contribution in [2.24, 2.45) is 0 Å². The molecule has 1 aliphatic heterocycles. The molecule has 1 atom stereocenters. The van der Waals surface area contributed by atoms with Crippen molar-refractivity contribution >= 4 is 6.09 Å². The third-order valence-corrected chi connectivity index (χ3v) is 3.72. The summed E-state index contributed by atoms with van der Waals surface area (Å²) < 4.78 is 10.5. The smallest absolute Gasteiger partial charge is 0.410 e. The summed E-state index contributed by atoms with van der Waals surface area (Å²) in [5.41, 5.74) is 0.301. The fourth-order valence-corrected chi connectivity index (χ4v) is 2.51. The van der Waals surface area contributed by atoms with Crippen molar-refractivity contribution in [2.75, 3.05) is 20.2 Å². The van der Waals surface area contributed by atoms with Crippen LogP contribution in [0.4, 0.5) is 4.79 Å². The molecule has 6 heteroatoms. The Morgan fingerprint density at radius 2 is 2.04 bits per heavy atom. The third-order valence-electron chi connectivity index (χ3n) is 3.72. The number of hydrogen-bond acceptors (Lipinski definition) is 5. The van der Waals surface area contributed by atoms with Crippen LogP contribution in [0.1, 0.15) is 39.3 Å². The monoisotopic (exact) mass is 322 g/mol. The number of aromatic hydroxyl groups is 1. The van der Waals surface area contributed by atoms with Crippen molar-refractivity contribution in [2.45, 2.75) is 45.4 Å². The number of likely N-dealkylation sites (tertiary alicyclic amines) is 1. The van der Waals surface area contributed by atoms with Crippen LogP contribution in [0.25, 0.3) is 0 Å². The number of ether oxygens (including phenoxy) is 2. The molecule has 1 fully saturated rings. The van der Waals surface area contributed by atoms with E-state index in [0.29, 0.717) is 18.8 Å². The molecule has 6 nitrogen and oxygen atoms in total. The fraction of sp³-hybridized carbons (Fsp3) is 0.588. The molecule has 1 aromatic carbocycles. The number of benzene rings is 1. The van der Waals surface area contributed by atoms with Gasteiger partial charge in [-0.3, -0.25) is 0 Å². The van der Waals surface area contributed by atoms with Crippen LogP contribution in [0.3, 0.4) is 0 Å². The first-order valence-corrected chi connectivity index (χ1v) is 7.80. The second-order valence-electron chi connectivity index (χ2n) is 6.90. The van der Waals surface area contributed by atoms with Gasteiger partial charge in [-0.25, -0.2) is 4.79 Å². The van der Waals surface area contributed by atoms with Crippen LogP contribution in [0.5, 0.6) is 11.5 Å². The minimum atomic E-state index is -0.477. The number of rotatable bonds is 4. The lowest BCUT2D eigenvalue weighted by atomic mass is 10.0. The zero-order chi connectivity index (χ0) is 17.2. The quantitative estimate of drug-likeness (QED) is 0.892. The van der Waals surface area contributed by atoms with Gasteiger partial charge in [0.05, 0.1) is 7.11 Å². The molecule has 1 aromatic rings. The lowest BCUT2D eigenvalue weighted by Gasteiger charge is -2.41. The van der Waals surface area contributed by atoms with E-state index in [2.05, 4.69) is 5.32 Å². The van der Waals surface area contributed by atoms with Gasteiger partial charge in [-0.15, -0.1) is 0 Å². The van der Waals surface area contributed by atoms with Gasteiger partial charge in [-0.1, -0.05) is 0 Å². The Hall–Kier alpha value is -1.95. The van der Waals surface area contributed by atoms with Crippen LogP contribution < -0.4 is 10.1 Å². The van der Waals surface area contributed by atoms with Crippen molar-refractivity contribution in [1.29, 1.82) is 0 Å². The van der Waals surface area contributed by atoms with Crippen molar-refractivity contribution in [3.8, 4) is 11.5 Å². The molecule has 0 radical (unpaired) electrons. The molecule has 1 heterocycles. The molecule has 2 N–H and O–H groups in total. The van der Waals surface area contributed by atoms with E-state index in [1.165, 1.54) is 0 Å². The SMILES string of the molecule is COc1ccc(O)c(C(C)NC2CN(C(=O)OC(C)(C)C)C2)c1. The number of amides is 1. The molecule has 1 saturated heterocycles. The predicted octanol–water partition coefficient (Wildman–Crippen LogP) is 2.67. The van der Waals surface area contributed by atoms with E-state index < -0.39 is 5.60 Å². The zero-order valence-electron chi connectivity index (χ0n) is 14.4. The van der Waals surface area contributed by atoms with E-state index in [-0.39, 0.29) is 23.9 Å². The fourth-order valence-electron chi connectivity index (χ4n) is 2.51. The van der Waals surface area contributed by atoms with Crippen LogP contribution in [-0.4, -0.2) is 47.9 Å². The summed E-state index contributed by atoms with van der Waals surface area (Å²) in [6.07, 6.45) is -0.285. The van der Waals surface area contributed by atoms with Crippen LogP contribution in [-0.2, 0) is 4.74 Å². The highest BCUT2D eigenvalue weighted by molar-refractivity contribution is 5.69. The van der Waals surface area contributed by atoms with E-state index in [1.54, 1.807) is 24.1 Å². The first-order valence-electron chi connectivity index (χ1n) is 7.80. The number of nitrogens with one attached hydrogen (secondary N) is 1. The Labute approximate surface area is 137 Å². The van der Waals surface area contributed by atoms with Gasteiger partial charge in [0.15, 0.2) is 0 Å². The van der Waals surface area contributed by atoms with Crippen LogP contribution in [0.2, 0.25) is 0 Å². The molecule has 0 aliphatic carbocycles. The van der Waals surface area contributed by atoms with Crippen molar-refractivity contribution in [3.05, 3.63) is 23.8 Å². The number of hydrogen-bond donors (Lipinski definition) is 2. The Balaban J connectivity index is 1.87. The number of nitrogens with zero attached hydrogens (tertiary/aromatic N) is 1. The maximum atomic E-state index is 11.9. The van der Waals surface area contributed by atoms with E-state index >= 15 is 0 Å². The standard InChI is InChI=1S/C17H26N2O4/c1-11(14-8-13(22-5)6-7-15(14)20)18-12-9-19(10-12)16(21)23-17(2,3)4/h6-8,11-12,18,20H,9-10H2,1-5H3. The highest BCUT2D eigenvalue weighted by Crippen LogP contribution is 2.29. The van der Waals surface area contributed by atoms with E-state index in [0.717, 1.165) is 5.56 Å². The Kier molecular flexibility index (Phi) is 5.04. The molecule has 1 aliphatic rings. The summed E-state index contributed by atoms with van der Waals surface area (Å²) >= 11 is 0. The van der Waals surface area contributed by atoms with Gasteiger partial charge in [-0.2, -0.15) is 0 Å². The largest absolute Gasteiger partial charge is 0.508 e. The third kappa shape index (κ3) is 4.51. The molecule has 0 spiro atoms. The maximum absolute atomic E-state index is 11.9. The second-order valence-corrected chi connectivity index (χ2v) is 6.90. The number of carbonyl (C=O) groups excluding carboxylic acids is 1. The maximum Gasteiger partial charge on any atom is 0.410 e. The molecule has 1 unspecified atom stereocenters. The van der Waals surface area contributed by atoms with Gasteiger partial charge in [0.25, 0.3) is 0 Å². The topological polar surface area (TPSA) is 71.0 Å². The first kappa shape index (κ1) is 17.4. The minimum Gasteiger partial charge on any atom is -0.508 e. The predicted molar refractivity (Wildman–Crippen MR) is 87.8 cm³/mol. The van der Waals surface area contributed by atoms with Crippen molar-refractivity contribution in [1.82, 2.24) is 10.2 Å². The van der Waals surface area contributed by atoms with Crippen LogP contribution in [0.15, 0.2) is 18.2 Å². The highest BCUT2D eigenvalue weighted by atomic mass is 16.6. The molecule has 0 saturated carbocycles. The highest BCUT2D eigenvalue weighted by Gasteiger charge is 2.34. The van der Waals surface area contributed by atoms with Gasteiger partial charge in [0, 0.05) is 30.7 Å². The molecule has 1 amide bonds. The average Bonchev–Trinajstić information content (AvgIpc) is 2.40. The molecular weight excluding hydrogens is 296 g/mol. The lowest BCUT2D eigenvalue weighted by Crippen LogP contribution is -2.60. The van der Waals surface area contributed by atoms with Crippen LogP contribution in [0, 0.1) is 0 Å². The summed E-state index contributed by atoms with van der Waals surface area (Å²) in [5, 5.41) is 13.4. The van der Waals surface area contributed by atoms with E-state index in [9.17, 15) is 9.90 Å². The van der Waals surface area contributed by atoms with Gasteiger partial charge >= 0.3 is 6.09 Å². The molecule has 128 valence electrons. The summed E-state index contributed by atoms with van der Waals surface area (Å²) in [6, 6.07) is 5.30. The summed E-state index contributed by atoms with van der Waals surface area (Å²) in [6.45, 7) is 8.74. The van der Waals surface area contributed by atoms with Gasteiger partial charge in [-0.05, 0) is 45.9 Å². The molecule has 0 aromatic heterocycles. The summed E-state index contributed by atoms with van der Waals surface area (Å²) in [5.74, 6) is 0.935. The molecular formula is C17H26N2O4. The number of phenolic OH excluding ortho intramolecular Hbond substituents is 1. The Morgan fingerprint density at radius 1 is 1.39 bits per heavy atom. The van der Waals surface area contributed by atoms with E-state index in [4.69, 9.17) is 9.47 Å². The minimum absolute atomic E-state index is 0.0455. The van der Waals surface area contributed by atoms with Gasteiger partial charge in [0.1, 0.15) is 17.1 Å². The molecule has 2 rings (SSSR count). The summed E-state index contributed by atoms with van der Waals surface area (Å²) in [4.78, 5) is 13.6. The number of methoxy groups -OCH3 is 1. The normalized spacial score (nSPS) is 16.7. The first-order chi connectivity index (χ1) is 10.7. The summed E-state index contributed by atoms with van der Waals surface area (Å²) in [7, 11) is 1.60. The molecule has 23 heavy (non-hydrogen) atoms.